The fraction of sp³-hybridized carbons (Fsp3) is 0.750. The smallest absolute Gasteiger partial charge is 0.206 e. The van der Waals surface area contributed by atoms with Crippen LogP contribution >= 0.6 is 27.3 Å². The summed E-state index contributed by atoms with van der Waals surface area (Å²) in [6.45, 7) is 5.62. The maximum absolute atomic E-state index is 3.97. The third-order valence-electron chi connectivity index (χ3n) is 2.62. The van der Waals surface area contributed by atoms with Crippen molar-refractivity contribution < 1.29 is 0 Å². The molecule has 1 aliphatic rings. The van der Waals surface area contributed by atoms with Gasteiger partial charge in [0.15, 0.2) is 3.92 Å². The number of nitrogens with one attached hydrogen (secondary N) is 1. The van der Waals surface area contributed by atoms with Gasteiger partial charge in [-0.15, -0.1) is 10.2 Å². The van der Waals surface area contributed by atoms with Gasteiger partial charge in [0.25, 0.3) is 0 Å². The van der Waals surface area contributed by atoms with E-state index in [0.717, 1.165) is 21.5 Å². The Labute approximate surface area is 90.1 Å². The Hall–Kier alpha value is -0.160. The summed E-state index contributed by atoms with van der Waals surface area (Å²) in [7, 11) is 0. The number of anilines is 1. The van der Waals surface area contributed by atoms with Crippen molar-refractivity contribution in [1.82, 2.24) is 10.2 Å². The van der Waals surface area contributed by atoms with Gasteiger partial charge in [0.2, 0.25) is 5.13 Å². The maximum Gasteiger partial charge on any atom is 0.206 e. The second-order valence-corrected chi connectivity index (χ2v) is 6.38. The first-order valence-corrected chi connectivity index (χ1v) is 5.92. The zero-order valence-corrected chi connectivity index (χ0v) is 10.1. The van der Waals surface area contributed by atoms with Crippen molar-refractivity contribution in [2.45, 2.75) is 20.3 Å². The minimum Gasteiger partial charge on any atom is -0.360 e. The van der Waals surface area contributed by atoms with Crippen molar-refractivity contribution >= 4 is 32.4 Å². The molecule has 1 fully saturated rings. The molecule has 1 atom stereocenters. The molecule has 72 valence electrons. The predicted molar refractivity (Wildman–Crippen MR) is 58.0 cm³/mol. The van der Waals surface area contributed by atoms with Gasteiger partial charge in [0.05, 0.1) is 0 Å². The first-order chi connectivity index (χ1) is 6.08. The summed E-state index contributed by atoms with van der Waals surface area (Å²) in [6, 6.07) is 0. The molecule has 0 aliphatic heterocycles. The summed E-state index contributed by atoms with van der Waals surface area (Å²) in [4.78, 5) is 0. The SMILES string of the molecule is CC1(C)CC1CNc1nnc(Br)s1. The second-order valence-electron chi connectivity index (χ2n) is 4.13. The van der Waals surface area contributed by atoms with Crippen LogP contribution in [0, 0.1) is 11.3 Å². The van der Waals surface area contributed by atoms with Gasteiger partial charge in [-0.25, -0.2) is 0 Å². The fourth-order valence-corrected chi connectivity index (χ4v) is 2.43. The summed E-state index contributed by atoms with van der Waals surface area (Å²) < 4.78 is 0.838. The molecule has 5 heteroatoms. The highest BCUT2D eigenvalue weighted by molar-refractivity contribution is 9.11. The van der Waals surface area contributed by atoms with Gasteiger partial charge in [0.1, 0.15) is 0 Å². The quantitative estimate of drug-likeness (QED) is 0.910. The van der Waals surface area contributed by atoms with E-state index in [1.807, 2.05) is 0 Å². The minimum atomic E-state index is 0.537. The molecule has 0 amide bonds. The highest BCUT2D eigenvalue weighted by atomic mass is 79.9. The first-order valence-electron chi connectivity index (χ1n) is 4.31. The number of aromatic nitrogens is 2. The Morgan fingerprint density at radius 2 is 2.31 bits per heavy atom. The molecule has 1 aromatic heterocycles. The van der Waals surface area contributed by atoms with Crippen LogP contribution in [0.1, 0.15) is 20.3 Å². The molecule has 2 rings (SSSR count). The fourth-order valence-electron chi connectivity index (χ4n) is 1.41. The average molecular weight is 262 g/mol. The Kier molecular flexibility index (Phi) is 2.32. The third-order valence-corrected chi connectivity index (χ3v) is 3.93. The molecule has 1 N–H and O–H groups in total. The third kappa shape index (κ3) is 2.20. The lowest BCUT2D eigenvalue weighted by Gasteiger charge is -2.02. The molecule has 0 saturated heterocycles. The van der Waals surface area contributed by atoms with E-state index in [4.69, 9.17) is 0 Å². The van der Waals surface area contributed by atoms with Crippen LogP contribution in [-0.2, 0) is 0 Å². The van der Waals surface area contributed by atoms with E-state index in [-0.39, 0.29) is 0 Å². The number of nitrogens with zero attached hydrogens (tertiary/aromatic N) is 2. The largest absolute Gasteiger partial charge is 0.360 e. The summed E-state index contributed by atoms with van der Waals surface area (Å²) in [5.41, 5.74) is 0.537. The van der Waals surface area contributed by atoms with Crippen molar-refractivity contribution in [1.29, 1.82) is 0 Å². The van der Waals surface area contributed by atoms with E-state index >= 15 is 0 Å². The molecule has 1 aliphatic carbocycles. The number of rotatable bonds is 3. The van der Waals surface area contributed by atoms with Crippen molar-refractivity contribution in [3.8, 4) is 0 Å². The van der Waals surface area contributed by atoms with Crippen LogP contribution in [0.4, 0.5) is 5.13 Å². The lowest BCUT2D eigenvalue weighted by atomic mass is 10.1. The standard InChI is InChI=1S/C8H12BrN3S/c1-8(2)3-5(8)4-10-7-12-11-6(9)13-7/h5H,3-4H2,1-2H3,(H,10,12). The molecule has 0 spiro atoms. The molecule has 1 aromatic rings. The van der Waals surface area contributed by atoms with E-state index in [2.05, 4.69) is 45.3 Å². The van der Waals surface area contributed by atoms with Gasteiger partial charge in [-0.2, -0.15) is 0 Å². The average Bonchev–Trinajstić information content (AvgIpc) is 2.45. The van der Waals surface area contributed by atoms with E-state index < -0.39 is 0 Å². The topological polar surface area (TPSA) is 37.8 Å². The van der Waals surface area contributed by atoms with Gasteiger partial charge in [0, 0.05) is 6.54 Å². The number of halogens is 1. The zero-order chi connectivity index (χ0) is 9.47. The second kappa shape index (κ2) is 3.20. The highest BCUT2D eigenvalue weighted by Gasteiger charge is 2.45. The van der Waals surface area contributed by atoms with Gasteiger partial charge >= 0.3 is 0 Å². The van der Waals surface area contributed by atoms with E-state index in [9.17, 15) is 0 Å². The van der Waals surface area contributed by atoms with Gasteiger partial charge in [-0.3, -0.25) is 0 Å². The first kappa shape index (κ1) is 9.40. The lowest BCUT2D eigenvalue weighted by Crippen LogP contribution is -2.06. The van der Waals surface area contributed by atoms with Crippen molar-refractivity contribution in [2.24, 2.45) is 11.3 Å². The molecule has 1 saturated carbocycles. The molecule has 0 bridgehead atoms. The Balaban J connectivity index is 1.81. The number of hydrogen-bond acceptors (Lipinski definition) is 4. The molecular weight excluding hydrogens is 250 g/mol. The molecule has 0 radical (unpaired) electrons. The molecule has 0 aromatic carbocycles. The van der Waals surface area contributed by atoms with Crippen LogP contribution in [0.3, 0.4) is 0 Å². The van der Waals surface area contributed by atoms with Crippen molar-refractivity contribution in [3.05, 3.63) is 3.92 Å². The van der Waals surface area contributed by atoms with Crippen LogP contribution < -0.4 is 5.32 Å². The van der Waals surface area contributed by atoms with E-state index in [1.54, 1.807) is 11.3 Å². The van der Waals surface area contributed by atoms with Crippen LogP contribution in [0.15, 0.2) is 3.92 Å². The van der Waals surface area contributed by atoms with Crippen molar-refractivity contribution in [3.63, 3.8) is 0 Å². The van der Waals surface area contributed by atoms with Crippen LogP contribution in [0.5, 0.6) is 0 Å². The van der Waals surface area contributed by atoms with Crippen LogP contribution in [-0.4, -0.2) is 16.7 Å². The summed E-state index contributed by atoms with van der Waals surface area (Å²) in [5.74, 6) is 0.801. The van der Waals surface area contributed by atoms with Gasteiger partial charge < -0.3 is 5.32 Å². The molecule has 3 nitrogen and oxygen atoms in total. The Bertz CT molecular complexity index is 310. The molecule has 1 unspecified atom stereocenters. The monoisotopic (exact) mass is 261 g/mol. The Morgan fingerprint density at radius 1 is 1.62 bits per heavy atom. The number of hydrogen-bond donors (Lipinski definition) is 1. The summed E-state index contributed by atoms with van der Waals surface area (Å²) >= 11 is 4.82. The summed E-state index contributed by atoms with van der Waals surface area (Å²) in [5, 5.41) is 12.1. The van der Waals surface area contributed by atoms with E-state index in [1.165, 1.54) is 6.42 Å². The van der Waals surface area contributed by atoms with E-state index in [0.29, 0.717) is 5.41 Å². The molecular formula is C8H12BrN3S. The molecule has 13 heavy (non-hydrogen) atoms. The predicted octanol–water partition coefficient (Wildman–Crippen LogP) is 2.76. The van der Waals surface area contributed by atoms with Crippen LogP contribution in [0.25, 0.3) is 0 Å². The van der Waals surface area contributed by atoms with Crippen molar-refractivity contribution in [2.75, 3.05) is 11.9 Å². The van der Waals surface area contributed by atoms with Gasteiger partial charge in [-0.05, 0) is 33.7 Å². The summed E-state index contributed by atoms with van der Waals surface area (Å²) in [6.07, 6.45) is 1.32. The zero-order valence-electron chi connectivity index (χ0n) is 7.67. The van der Waals surface area contributed by atoms with Gasteiger partial charge in [-0.1, -0.05) is 25.2 Å². The molecule has 1 heterocycles. The Morgan fingerprint density at radius 3 is 2.77 bits per heavy atom. The minimum absolute atomic E-state index is 0.537. The lowest BCUT2D eigenvalue weighted by molar-refractivity contribution is 0.573. The maximum atomic E-state index is 3.97. The van der Waals surface area contributed by atoms with Crippen LogP contribution in [0.2, 0.25) is 0 Å². The highest BCUT2D eigenvalue weighted by Crippen LogP contribution is 2.51. The normalized spacial score (nSPS) is 24.4.